The van der Waals surface area contributed by atoms with Gasteiger partial charge in [-0.3, -0.25) is 0 Å². The predicted octanol–water partition coefficient (Wildman–Crippen LogP) is 8.20. The molecule has 1 N–H and O–H groups in total. The molecule has 302 valence electrons. The van der Waals surface area contributed by atoms with Crippen molar-refractivity contribution >= 4 is 17.9 Å². The molecule has 0 fully saturated rings. The maximum Gasteiger partial charge on any atom is 0.347 e. The molecule has 4 rings (SSSR count). The molecule has 1 aliphatic rings. The number of hydrogen-bond acceptors (Lipinski definition) is 11. The van der Waals surface area contributed by atoms with E-state index in [9.17, 15) is 19.5 Å². The standard InChI is InChI=1S/C44H54O12/c1-19-17-31(49-11)25(7)37(50-12)29(19)18-30-24(6)34(41(54-16)28(10)38(30)51-13)44(48)56-36-23(5)21(3)33(40(53-15)27(36)9)43(47)55-35-22(4)20(2)32(42(45)46)39(52-14)26(35)8/h17,26,35H,18H2,1-16H3,(H,45,46). The second-order valence-electron chi connectivity index (χ2n) is 14.1. The fraction of sp³-hybridized carbons (Fsp3) is 0.432. The van der Waals surface area contributed by atoms with E-state index in [1.54, 1.807) is 62.9 Å². The Hall–Kier alpha value is -5.65. The topological polar surface area (TPSA) is 145 Å². The largest absolute Gasteiger partial charge is 0.500 e. The lowest BCUT2D eigenvalue weighted by molar-refractivity contribution is -0.132. The lowest BCUT2D eigenvalue weighted by Gasteiger charge is -2.33. The van der Waals surface area contributed by atoms with Crippen molar-refractivity contribution < 1.29 is 57.4 Å². The minimum Gasteiger partial charge on any atom is -0.500 e. The Balaban J connectivity index is 1.82. The van der Waals surface area contributed by atoms with Crippen molar-refractivity contribution in [2.75, 3.05) is 42.7 Å². The average Bonchev–Trinajstić information content (AvgIpc) is 3.16. The highest BCUT2D eigenvalue weighted by Gasteiger charge is 2.39. The van der Waals surface area contributed by atoms with Crippen LogP contribution in [0.5, 0.6) is 34.5 Å². The van der Waals surface area contributed by atoms with Crippen molar-refractivity contribution in [1.82, 2.24) is 0 Å². The Bertz CT molecular complexity index is 2170. The average molecular weight is 775 g/mol. The van der Waals surface area contributed by atoms with Gasteiger partial charge in [-0.25, -0.2) is 14.4 Å². The lowest BCUT2D eigenvalue weighted by Crippen LogP contribution is -2.34. The molecule has 0 bridgehead atoms. The van der Waals surface area contributed by atoms with Crippen molar-refractivity contribution in [3.63, 3.8) is 0 Å². The number of methoxy groups -OCH3 is 6. The number of carbonyl (C=O) groups excluding carboxylic acids is 2. The molecular formula is C44H54O12. The molecule has 56 heavy (non-hydrogen) atoms. The number of carboxylic acids is 1. The maximum atomic E-state index is 14.5. The van der Waals surface area contributed by atoms with Gasteiger partial charge in [-0.2, -0.15) is 0 Å². The number of carbonyl (C=O) groups is 3. The summed E-state index contributed by atoms with van der Waals surface area (Å²) in [5, 5.41) is 9.88. The van der Waals surface area contributed by atoms with E-state index in [2.05, 4.69) is 0 Å². The van der Waals surface area contributed by atoms with E-state index in [1.165, 1.54) is 21.3 Å². The van der Waals surface area contributed by atoms with Crippen molar-refractivity contribution in [3.05, 3.63) is 89.7 Å². The third-order valence-electron chi connectivity index (χ3n) is 11.2. The molecule has 12 nitrogen and oxygen atoms in total. The smallest absolute Gasteiger partial charge is 0.347 e. The van der Waals surface area contributed by atoms with Gasteiger partial charge >= 0.3 is 17.9 Å². The zero-order chi connectivity index (χ0) is 42.1. The molecule has 1 aliphatic carbocycles. The van der Waals surface area contributed by atoms with E-state index < -0.39 is 29.9 Å². The van der Waals surface area contributed by atoms with E-state index in [4.69, 9.17) is 37.9 Å². The molecule has 0 aromatic heterocycles. The van der Waals surface area contributed by atoms with Gasteiger partial charge in [0.15, 0.2) is 0 Å². The summed E-state index contributed by atoms with van der Waals surface area (Å²) >= 11 is 0. The van der Waals surface area contributed by atoms with Crippen LogP contribution in [-0.4, -0.2) is 71.8 Å². The molecule has 0 saturated heterocycles. The third kappa shape index (κ3) is 7.24. The van der Waals surface area contributed by atoms with Gasteiger partial charge in [-0.05, 0) is 102 Å². The summed E-state index contributed by atoms with van der Waals surface area (Å²) in [7, 11) is 9.11. The summed E-state index contributed by atoms with van der Waals surface area (Å²) < 4.78 is 46.9. The number of benzene rings is 3. The Morgan fingerprint density at radius 3 is 1.61 bits per heavy atom. The highest BCUT2D eigenvalue weighted by atomic mass is 16.6. The zero-order valence-electron chi connectivity index (χ0n) is 35.4. The maximum absolute atomic E-state index is 14.5. The Kier molecular flexibility index (Phi) is 13.1. The van der Waals surface area contributed by atoms with Crippen LogP contribution in [0.3, 0.4) is 0 Å². The van der Waals surface area contributed by atoms with Gasteiger partial charge in [0.1, 0.15) is 63.1 Å². The summed E-state index contributed by atoms with van der Waals surface area (Å²) in [6.45, 7) is 17.9. The predicted molar refractivity (Wildman–Crippen MR) is 211 cm³/mol. The second-order valence-corrected chi connectivity index (χ2v) is 14.1. The number of aryl methyl sites for hydroxylation is 1. The summed E-state index contributed by atoms with van der Waals surface area (Å²) in [4.78, 5) is 40.6. The molecule has 0 heterocycles. The fourth-order valence-electron chi connectivity index (χ4n) is 7.94. The van der Waals surface area contributed by atoms with Crippen LogP contribution in [0.4, 0.5) is 0 Å². The van der Waals surface area contributed by atoms with Crippen LogP contribution in [0.15, 0.2) is 28.5 Å². The van der Waals surface area contributed by atoms with Crippen molar-refractivity contribution in [2.24, 2.45) is 5.92 Å². The van der Waals surface area contributed by atoms with Crippen LogP contribution < -0.4 is 28.4 Å². The molecule has 3 aromatic carbocycles. The van der Waals surface area contributed by atoms with E-state index >= 15 is 0 Å². The van der Waals surface area contributed by atoms with Crippen LogP contribution in [0.25, 0.3) is 0 Å². The number of carboxylic acid groups (broad SMARTS) is 1. The first-order valence-electron chi connectivity index (χ1n) is 18.1. The van der Waals surface area contributed by atoms with Crippen LogP contribution >= 0.6 is 0 Å². The quantitative estimate of drug-likeness (QED) is 0.132. The summed E-state index contributed by atoms with van der Waals surface area (Å²) in [5.74, 6) is -0.216. The molecule has 3 aromatic rings. The number of esters is 2. The van der Waals surface area contributed by atoms with E-state index in [1.807, 2.05) is 33.8 Å². The molecule has 0 saturated carbocycles. The van der Waals surface area contributed by atoms with Crippen LogP contribution in [-0.2, 0) is 20.7 Å². The molecule has 0 amide bonds. The number of hydrogen-bond donors (Lipinski definition) is 1. The molecule has 2 unspecified atom stereocenters. The first-order chi connectivity index (χ1) is 26.4. The van der Waals surface area contributed by atoms with Crippen molar-refractivity contribution in [2.45, 2.75) is 81.8 Å². The van der Waals surface area contributed by atoms with E-state index in [0.717, 1.165) is 22.3 Å². The second kappa shape index (κ2) is 17.0. The molecule has 12 heteroatoms. The first kappa shape index (κ1) is 43.1. The van der Waals surface area contributed by atoms with Gasteiger partial charge in [0.2, 0.25) is 0 Å². The molecule has 0 aliphatic heterocycles. The summed E-state index contributed by atoms with van der Waals surface area (Å²) in [6.07, 6.45) is -0.439. The minimum atomic E-state index is -1.12. The van der Waals surface area contributed by atoms with Gasteiger partial charge in [-0.15, -0.1) is 0 Å². The van der Waals surface area contributed by atoms with Crippen LogP contribution in [0, 0.1) is 54.4 Å². The monoisotopic (exact) mass is 774 g/mol. The van der Waals surface area contributed by atoms with Gasteiger partial charge in [0.05, 0.1) is 48.6 Å². The van der Waals surface area contributed by atoms with Gasteiger partial charge in [0.25, 0.3) is 0 Å². The molecule has 2 atom stereocenters. The SMILES string of the molecule is COC1=C(C(=O)O)C(C)=C(C)C(OC(=O)c2c(C)c(C)c(OC(=O)c3c(C)c(Cc4c(C)cc(OC)c(C)c4OC)c(OC)c(C)c3OC)c(C)c2OC)C1C. The van der Waals surface area contributed by atoms with E-state index in [-0.39, 0.29) is 34.0 Å². The molecule has 0 radical (unpaired) electrons. The van der Waals surface area contributed by atoms with Gasteiger partial charge in [-0.1, -0.05) is 6.92 Å². The highest BCUT2D eigenvalue weighted by molar-refractivity contribution is 5.99. The van der Waals surface area contributed by atoms with Crippen LogP contribution in [0.1, 0.15) is 91.6 Å². The highest BCUT2D eigenvalue weighted by Crippen LogP contribution is 2.45. The zero-order valence-corrected chi connectivity index (χ0v) is 35.4. The van der Waals surface area contributed by atoms with Crippen molar-refractivity contribution in [1.29, 1.82) is 0 Å². The fourth-order valence-corrected chi connectivity index (χ4v) is 7.94. The lowest BCUT2D eigenvalue weighted by atomic mass is 9.82. The third-order valence-corrected chi connectivity index (χ3v) is 11.2. The molecular weight excluding hydrogens is 720 g/mol. The van der Waals surface area contributed by atoms with E-state index in [0.29, 0.717) is 68.4 Å². The first-order valence-corrected chi connectivity index (χ1v) is 18.1. The number of rotatable bonds is 13. The Labute approximate surface area is 329 Å². The van der Waals surface area contributed by atoms with Crippen LogP contribution in [0.2, 0.25) is 0 Å². The molecule has 0 spiro atoms. The minimum absolute atomic E-state index is 0.0492. The summed E-state index contributed by atoms with van der Waals surface area (Å²) in [5.41, 5.74) is 7.52. The Morgan fingerprint density at radius 1 is 0.589 bits per heavy atom. The number of aliphatic carboxylic acids is 1. The van der Waals surface area contributed by atoms with Gasteiger partial charge < -0.3 is 43.0 Å². The van der Waals surface area contributed by atoms with Crippen molar-refractivity contribution in [3.8, 4) is 34.5 Å². The number of ether oxygens (including phenoxy) is 8. The normalized spacial score (nSPS) is 15.4. The summed E-state index contributed by atoms with van der Waals surface area (Å²) in [6, 6.07) is 1.96. The Morgan fingerprint density at radius 2 is 1.11 bits per heavy atom. The van der Waals surface area contributed by atoms with Gasteiger partial charge in [0, 0.05) is 34.2 Å².